The number of hydrogen-bond acceptors (Lipinski definition) is 8. The minimum atomic E-state index is -2.75. The van der Waals surface area contributed by atoms with Crippen molar-refractivity contribution in [1.82, 2.24) is 29.5 Å². The van der Waals surface area contributed by atoms with Gasteiger partial charge in [0, 0.05) is 47.8 Å². The molecular weight excluding hydrogens is 508 g/mol. The van der Waals surface area contributed by atoms with E-state index in [0.717, 1.165) is 47.5 Å². The summed E-state index contributed by atoms with van der Waals surface area (Å²) in [4.78, 5) is 16.8. The molecule has 0 bridgehead atoms. The zero-order valence-electron chi connectivity index (χ0n) is 21.4. The number of rotatable bonds is 5. The fraction of sp³-hybridized carbons (Fsp3) is 0.577. The molecule has 1 aliphatic carbocycles. The van der Waals surface area contributed by atoms with Crippen LogP contribution in [0.5, 0.6) is 5.75 Å². The van der Waals surface area contributed by atoms with Gasteiger partial charge in [-0.1, -0.05) is 13.8 Å². The SMILES string of the molecule is COc1cc(-c2[nH]c3sc(C4CCC(N5CC6(C5)CS(=O)(=O)C6)CC4)nc3c2C(C)C)cn2ncnc12. The first-order valence-electron chi connectivity index (χ1n) is 13.1. The zero-order valence-corrected chi connectivity index (χ0v) is 23.0. The van der Waals surface area contributed by atoms with Crippen molar-refractivity contribution in [1.29, 1.82) is 0 Å². The highest BCUT2D eigenvalue weighted by atomic mass is 32.2. The summed E-state index contributed by atoms with van der Waals surface area (Å²) in [7, 11) is -1.09. The van der Waals surface area contributed by atoms with Crippen LogP contribution in [0.15, 0.2) is 18.6 Å². The summed E-state index contributed by atoms with van der Waals surface area (Å²) >= 11 is 1.79. The summed E-state index contributed by atoms with van der Waals surface area (Å²) < 4.78 is 30.6. The van der Waals surface area contributed by atoms with Gasteiger partial charge in [0.05, 0.1) is 29.3 Å². The van der Waals surface area contributed by atoms with Gasteiger partial charge in [0.1, 0.15) is 16.7 Å². The van der Waals surface area contributed by atoms with Gasteiger partial charge in [-0.15, -0.1) is 11.3 Å². The van der Waals surface area contributed by atoms with Gasteiger partial charge >= 0.3 is 0 Å². The van der Waals surface area contributed by atoms with Crippen molar-refractivity contribution < 1.29 is 13.2 Å². The summed E-state index contributed by atoms with van der Waals surface area (Å²) in [5.74, 6) is 2.30. The first-order chi connectivity index (χ1) is 17.7. The number of sulfone groups is 1. The van der Waals surface area contributed by atoms with Gasteiger partial charge < -0.3 is 9.72 Å². The summed E-state index contributed by atoms with van der Waals surface area (Å²) in [5.41, 5.74) is 5.18. The third-order valence-corrected chi connectivity index (χ3v) is 11.8. The molecule has 2 aliphatic heterocycles. The molecule has 37 heavy (non-hydrogen) atoms. The molecule has 196 valence electrons. The van der Waals surface area contributed by atoms with E-state index in [9.17, 15) is 8.42 Å². The van der Waals surface area contributed by atoms with Crippen molar-refractivity contribution in [2.45, 2.75) is 57.4 Å². The number of H-pyrrole nitrogens is 1. The Morgan fingerprint density at radius 3 is 2.62 bits per heavy atom. The second-order valence-corrected chi connectivity index (χ2v) is 14.7. The van der Waals surface area contributed by atoms with Gasteiger partial charge in [-0.2, -0.15) is 5.10 Å². The topological polar surface area (TPSA) is 105 Å². The fourth-order valence-corrected chi connectivity index (χ4v) is 10.2. The van der Waals surface area contributed by atoms with E-state index in [-0.39, 0.29) is 5.41 Å². The van der Waals surface area contributed by atoms with Crippen molar-refractivity contribution in [2.24, 2.45) is 5.41 Å². The van der Waals surface area contributed by atoms with Crippen molar-refractivity contribution >= 4 is 37.2 Å². The van der Waals surface area contributed by atoms with Crippen LogP contribution < -0.4 is 4.74 Å². The minimum Gasteiger partial charge on any atom is -0.493 e. The van der Waals surface area contributed by atoms with Crippen LogP contribution in [0.3, 0.4) is 0 Å². The van der Waals surface area contributed by atoms with Crippen molar-refractivity contribution in [3.8, 4) is 17.0 Å². The number of likely N-dealkylation sites (tertiary alicyclic amines) is 1. The Morgan fingerprint density at radius 2 is 1.95 bits per heavy atom. The number of methoxy groups -OCH3 is 1. The molecule has 4 aromatic rings. The smallest absolute Gasteiger partial charge is 0.197 e. The van der Waals surface area contributed by atoms with E-state index in [2.05, 4.69) is 33.8 Å². The van der Waals surface area contributed by atoms with Gasteiger partial charge in [0.2, 0.25) is 0 Å². The van der Waals surface area contributed by atoms with E-state index in [1.165, 1.54) is 23.4 Å². The van der Waals surface area contributed by atoms with Gasteiger partial charge in [-0.3, -0.25) is 4.90 Å². The van der Waals surface area contributed by atoms with Crippen molar-refractivity contribution in [3.63, 3.8) is 0 Å². The molecule has 0 atom stereocenters. The second-order valence-electron chi connectivity index (χ2n) is 11.6. The molecule has 3 fully saturated rings. The lowest BCUT2D eigenvalue weighted by molar-refractivity contribution is -0.0237. The lowest BCUT2D eigenvalue weighted by Gasteiger charge is -2.58. The van der Waals surface area contributed by atoms with Crippen LogP contribution in [-0.4, -0.2) is 75.6 Å². The largest absolute Gasteiger partial charge is 0.493 e. The Kier molecular flexibility index (Phi) is 5.26. The van der Waals surface area contributed by atoms with Crippen LogP contribution in [0.1, 0.15) is 61.9 Å². The predicted octanol–water partition coefficient (Wildman–Crippen LogP) is 4.22. The molecule has 6 heterocycles. The molecule has 1 saturated carbocycles. The first kappa shape index (κ1) is 23.6. The van der Waals surface area contributed by atoms with Crippen LogP contribution in [0.2, 0.25) is 0 Å². The lowest BCUT2D eigenvalue weighted by atomic mass is 9.78. The molecular formula is C26H32N6O3S2. The van der Waals surface area contributed by atoms with E-state index >= 15 is 0 Å². The Labute approximate surface area is 220 Å². The number of fused-ring (bicyclic) bond motifs is 2. The molecule has 0 amide bonds. The van der Waals surface area contributed by atoms with E-state index in [1.807, 2.05) is 12.3 Å². The number of aromatic amines is 1. The van der Waals surface area contributed by atoms with Crippen LogP contribution in [-0.2, 0) is 9.84 Å². The van der Waals surface area contributed by atoms with E-state index in [0.29, 0.717) is 40.8 Å². The maximum Gasteiger partial charge on any atom is 0.197 e. The molecule has 3 aliphatic rings. The number of nitrogens with one attached hydrogen (secondary N) is 1. The summed E-state index contributed by atoms with van der Waals surface area (Å²) in [6, 6.07) is 2.61. The van der Waals surface area contributed by atoms with E-state index in [4.69, 9.17) is 9.72 Å². The molecule has 1 spiro atoms. The van der Waals surface area contributed by atoms with Crippen LogP contribution >= 0.6 is 11.3 Å². The minimum absolute atomic E-state index is 0.0806. The highest BCUT2D eigenvalue weighted by molar-refractivity contribution is 7.92. The molecule has 1 N–H and O–H groups in total. The Hall–Kier alpha value is -2.50. The molecule has 4 aromatic heterocycles. The van der Waals surface area contributed by atoms with Crippen LogP contribution in [0.4, 0.5) is 0 Å². The summed E-state index contributed by atoms with van der Waals surface area (Å²) in [6.07, 6.45) is 8.16. The monoisotopic (exact) mass is 540 g/mol. The second kappa shape index (κ2) is 8.25. The fourth-order valence-electron chi connectivity index (χ4n) is 6.89. The number of pyridine rings is 1. The average molecular weight is 541 g/mol. The summed E-state index contributed by atoms with van der Waals surface area (Å²) in [5, 5.41) is 5.56. The molecule has 7 rings (SSSR count). The number of thiazole rings is 1. The molecule has 11 heteroatoms. The average Bonchev–Trinajstić information content (AvgIpc) is 3.54. The van der Waals surface area contributed by atoms with Gasteiger partial charge in [-0.05, 0) is 37.7 Å². The van der Waals surface area contributed by atoms with Crippen LogP contribution in [0, 0.1) is 5.41 Å². The first-order valence-corrected chi connectivity index (χ1v) is 15.7. The maximum atomic E-state index is 11.6. The standard InChI is InChI=1S/C26H32N6O3S2/c1-15(2)20-21(17-8-19(35-3)23-27-14-28-32(23)9-17)29-25-22(20)30-24(36-25)16-4-6-18(7-5-16)31-10-26(11-31)12-37(33,34)13-26/h8-9,14-16,18,29H,4-7,10-13H2,1-3H3. The zero-order chi connectivity index (χ0) is 25.5. The molecule has 0 aromatic carbocycles. The van der Waals surface area contributed by atoms with Crippen LogP contribution in [0.25, 0.3) is 27.3 Å². The number of ether oxygens (including phenoxy) is 1. The Morgan fingerprint density at radius 1 is 1.19 bits per heavy atom. The number of aromatic nitrogens is 5. The quantitative estimate of drug-likeness (QED) is 0.404. The van der Waals surface area contributed by atoms with E-state index in [1.54, 1.807) is 29.3 Å². The Balaban J connectivity index is 1.11. The molecule has 2 saturated heterocycles. The molecule has 0 radical (unpaired) electrons. The predicted molar refractivity (Wildman–Crippen MR) is 144 cm³/mol. The van der Waals surface area contributed by atoms with Gasteiger partial charge in [0.25, 0.3) is 0 Å². The van der Waals surface area contributed by atoms with Crippen molar-refractivity contribution in [2.75, 3.05) is 31.7 Å². The normalized spacial score (nSPS) is 25.1. The highest BCUT2D eigenvalue weighted by Crippen LogP contribution is 2.47. The third kappa shape index (κ3) is 3.80. The van der Waals surface area contributed by atoms with Gasteiger partial charge in [-0.25, -0.2) is 22.9 Å². The maximum absolute atomic E-state index is 11.6. The summed E-state index contributed by atoms with van der Waals surface area (Å²) in [6.45, 7) is 6.37. The molecule has 9 nitrogen and oxygen atoms in total. The Bertz CT molecular complexity index is 1590. The van der Waals surface area contributed by atoms with Crippen molar-refractivity contribution in [3.05, 3.63) is 29.2 Å². The number of hydrogen-bond donors (Lipinski definition) is 1. The third-order valence-electron chi connectivity index (χ3n) is 8.53. The lowest BCUT2D eigenvalue weighted by Crippen LogP contribution is -2.70. The van der Waals surface area contributed by atoms with Gasteiger partial charge in [0.15, 0.2) is 21.2 Å². The van der Waals surface area contributed by atoms with E-state index < -0.39 is 9.84 Å². The molecule has 0 unspecified atom stereocenters. The number of nitrogens with zero attached hydrogens (tertiary/aromatic N) is 5. The highest BCUT2D eigenvalue weighted by Gasteiger charge is 2.57.